The minimum absolute atomic E-state index is 0.0400. The monoisotopic (exact) mass is 184 g/mol. The predicted molar refractivity (Wildman–Crippen MR) is 49.5 cm³/mol. The molecular formula is C10H16O3. The van der Waals surface area contributed by atoms with Crippen molar-refractivity contribution < 1.29 is 14.6 Å². The van der Waals surface area contributed by atoms with Crippen molar-refractivity contribution in [2.75, 3.05) is 6.61 Å². The predicted octanol–water partition coefficient (Wildman–Crippen LogP) is 1.26. The van der Waals surface area contributed by atoms with E-state index in [0.29, 0.717) is 12.8 Å². The molecular weight excluding hydrogens is 168 g/mol. The summed E-state index contributed by atoms with van der Waals surface area (Å²) in [5, 5.41) is 17.9. The first kappa shape index (κ1) is 10.3. The van der Waals surface area contributed by atoms with Crippen LogP contribution >= 0.6 is 0 Å². The van der Waals surface area contributed by atoms with Crippen LogP contribution < -0.4 is 0 Å². The Kier molecular flexibility index (Phi) is 3.99. The molecule has 13 heavy (non-hydrogen) atoms. The van der Waals surface area contributed by atoms with Crippen LogP contribution in [0.25, 0.3) is 0 Å². The van der Waals surface area contributed by atoms with Crippen molar-refractivity contribution in [3.05, 3.63) is 23.7 Å². The van der Waals surface area contributed by atoms with E-state index in [-0.39, 0.29) is 6.61 Å². The Balaban J connectivity index is 2.26. The largest absolute Gasteiger partial charge is 0.466 e. The molecule has 0 aliphatic carbocycles. The van der Waals surface area contributed by atoms with Crippen molar-refractivity contribution in [1.29, 1.82) is 0 Å². The van der Waals surface area contributed by atoms with E-state index in [1.807, 2.05) is 19.1 Å². The molecule has 0 saturated heterocycles. The van der Waals surface area contributed by atoms with Gasteiger partial charge in [0.1, 0.15) is 11.5 Å². The highest BCUT2D eigenvalue weighted by Gasteiger charge is 2.05. The van der Waals surface area contributed by atoms with Gasteiger partial charge in [-0.15, -0.1) is 0 Å². The Hall–Kier alpha value is -0.800. The summed E-state index contributed by atoms with van der Waals surface area (Å²) in [7, 11) is 0. The van der Waals surface area contributed by atoms with E-state index in [2.05, 4.69) is 0 Å². The molecule has 0 amide bonds. The second kappa shape index (κ2) is 5.04. The summed E-state index contributed by atoms with van der Waals surface area (Å²) in [5.74, 6) is 1.79. The van der Waals surface area contributed by atoms with Gasteiger partial charge in [-0.3, -0.25) is 0 Å². The molecule has 1 atom stereocenters. The summed E-state index contributed by atoms with van der Waals surface area (Å²) in [4.78, 5) is 0. The van der Waals surface area contributed by atoms with E-state index in [4.69, 9.17) is 9.52 Å². The van der Waals surface area contributed by atoms with E-state index >= 15 is 0 Å². The third kappa shape index (κ3) is 3.61. The number of aryl methyl sites for hydroxylation is 2. The van der Waals surface area contributed by atoms with Crippen molar-refractivity contribution in [2.45, 2.75) is 32.3 Å². The van der Waals surface area contributed by atoms with Crippen LogP contribution in [0.3, 0.4) is 0 Å². The summed E-state index contributed by atoms with van der Waals surface area (Å²) >= 11 is 0. The molecule has 0 aromatic carbocycles. The molecule has 0 aliphatic rings. The second-order valence-corrected chi connectivity index (χ2v) is 3.22. The summed E-state index contributed by atoms with van der Waals surface area (Å²) in [6.07, 6.45) is 1.40. The van der Waals surface area contributed by atoms with Crippen LogP contribution in [0.4, 0.5) is 0 Å². The van der Waals surface area contributed by atoms with E-state index in [1.54, 1.807) is 0 Å². The fraction of sp³-hybridized carbons (Fsp3) is 0.600. The van der Waals surface area contributed by atoms with Gasteiger partial charge in [0.2, 0.25) is 0 Å². The highest BCUT2D eigenvalue weighted by atomic mass is 16.3. The number of aliphatic hydroxyl groups is 2. The van der Waals surface area contributed by atoms with Gasteiger partial charge < -0.3 is 14.6 Å². The minimum atomic E-state index is -0.421. The lowest BCUT2D eigenvalue weighted by Crippen LogP contribution is -2.09. The molecule has 74 valence electrons. The number of aliphatic hydroxyl groups excluding tert-OH is 2. The van der Waals surface area contributed by atoms with Gasteiger partial charge in [-0.05, 0) is 31.9 Å². The van der Waals surface area contributed by atoms with Gasteiger partial charge >= 0.3 is 0 Å². The van der Waals surface area contributed by atoms with Crippen molar-refractivity contribution in [3.8, 4) is 0 Å². The average molecular weight is 184 g/mol. The maximum atomic E-state index is 9.32. The topological polar surface area (TPSA) is 53.6 Å². The second-order valence-electron chi connectivity index (χ2n) is 3.22. The first-order chi connectivity index (χ1) is 6.22. The van der Waals surface area contributed by atoms with Crippen LogP contribution in [0.5, 0.6) is 0 Å². The quantitative estimate of drug-likeness (QED) is 0.724. The van der Waals surface area contributed by atoms with Crippen LogP contribution in [0.1, 0.15) is 24.4 Å². The molecule has 0 spiro atoms. The van der Waals surface area contributed by atoms with Gasteiger partial charge in [-0.25, -0.2) is 0 Å². The minimum Gasteiger partial charge on any atom is -0.466 e. The molecule has 3 nitrogen and oxygen atoms in total. The summed E-state index contributed by atoms with van der Waals surface area (Å²) in [6.45, 7) is 1.94. The Bertz CT molecular complexity index is 242. The molecule has 1 aromatic heterocycles. The van der Waals surface area contributed by atoms with Gasteiger partial charge in [0.25, 0.3) is 0 Å². The third-order valence-electron chi connectivity index (χ3n) is 1.98. The molecule has 0 bridgehead atoms. The van der Waals surface area contributed by atoms with Crippen molar-refractivity contribution in [2.24, 2.45) is 0 Å². The maximum absolute atomic E-state index is 9.32. The molecule has 1 rings (SSSR count). The Labute approximate surface area is 78.0 Å². The smallest absolute Gasteiger partial charge is 0.104 e. The standard InChI is InChI=1S/C10H16O3/c1-8-2-4-10(13-8)5-3-9(12)6-7-11/h2,4,9,11-12H,3,5-7H2,1H3/t9-/m0/s1. The number of rotatable bonds is 5. The van der Waals surface area contributed by atoms with E-state index < -0.39 is 6.10 Å². The van der Waals surface area contributed by atoms with Crippen molar-refractivity contribution in [3.63, 3.8) is 0 Å². The van der Waals surface area contributed by atoms with Crippen LogP contribution in [-0.2, 0) is 6.42 Å². The molecule has 0 aliphatic heterocycles. The highest BCUT2D eigenvalue weighted by Crippen LogP contribution is 2.10. The zero-order chi connectivity index (χ0) is 9.68. The average Bonchev–Trinajstić information content (AvgIpc) is 2.49. The Morgan fingerprint density at radius 1 is 1.38 bits per heavy atom. The van der Waals surface area contributed by atoms with Crippen LogP contribution in [0, 0.1) is 6.92 Å². The SMILES string of the molecule is Cc1ccc(CC[C@H](O)CCO)o1. The summed E-state index contributed by atoms with van der Waals surface area (Å²) in [5.41, 5.74) is 0. The summed E-state index contributed by atoms with van der Waals surface area (Å²) in [6, 6.07) is 3.83. The van der Waals surface area contributed by atoms with Gasteiger partial charge in [0.05, 0.1) is 6.10 Å². The van der Waals surface area contributed by atoms with E-state index in [9.17, 15) is 5.11 Å². The lowest BCUT2D eigenvalue weighted by Gasteiger charge is -2.06. The Morgan fingerprint density at radius 3 is 2.69 bits per heavy atom. The van der Waals surface area contributed by atoms with Gasteiger partial charge in [0.15, 0.2) is 0 Å². The van der Waals surface area contributed by atoms with Crippen LogP contribution in [0.2, 0.25) is 0 Å². The molecule has 0 saturated carbocycles. The van der Waals surface area contributed by atoms with Gasteiger partial charge in [-0.2, -0.15) is 0 Å². The highest BCUT2D eigenvalue weighted by molar-refractivity contribution is 5.05. The molecule has 0 radical (unpaired) electrons. The Morgan fingerprint density at radius 2 is 2.15 bits per heavy atom. The van der Waals surface area contributed by atoms with E-state index in [1.165, 1.54) is 0 Å². The first-order valence-corrected chi connectivity index (χ1v) is 4.56. The maximum Gasteiger partial charge on any atom is 0.104 e. The van der Waals surface area contributed by atoms with Gasteiger partial charge in [-0.1, -0.05) is 0 Å². The van der Waals surface area contributed by atoms with E-state index in [0.717, 1.165) is 17.9 Å². The molecule has 2 N–H and O–H groups in total. The number of hydrogen-bond acceptors (Lipinski definition) is 3. The molecule has 1 heterocycles. The molecule has 3 heteroatoms. The zero-order valence-corrected chi connectivity index (χ0v) is 7.86. The van der Waals surface area contributed by atoms with Crippen molar-refractivity contribution >= 4 is 0 Å². The fourth-order valence-corrected chi connectivity index (χ4v) is 1.22. The summed E-state index contributed by atoms with van der Waals surface area (Å²) < 4.78 is 5.34. The third-order valence-corrected chi connectivity index (χ3v) is 1.98. The molecule has 0 fully saturated rings. The lowest BCUT2D eigenvalue weighted by atomic mass is 10.1. The zero-order valence-electron chi connectivity index (χ0n) is 7.86. The molecule has 1 aromatic rings. The first-order valence-electron chi connectivity index (χ1n) is 4.56. The normalized spacial score (nSPS) is 13.2. The van der Waals surface area contributed by atoms with Crippen LogP contribution in [-0.4, -0.2) is 22.9 Å². The van der Waals surface area contributed by atoms with Crippen LogP contribution in [0.15, 0.2) is 16.5 Å². The number of hydrogen-bond donors (Lipinski definition) is 2. The van der Waals surface area contributed by atoms with Gasteiger partial charge in [0, 0.05) is 13.0 Å². The lowest BCUT2D eigenvalue weighted by molar-refractivity contribution is 0.124. The number of furan rings is 1. The fourth-order valence-electron chi connectivity index (χ4n) is 1.22. The van der Waals surface area contributed by atoms with Crippen molar-refractivity contribution in [1.82, 2.24) is 0 Å². The molecule has 0 unspecified atom stereocenters.